The fourth-order valence-electron chi connectivity index (χ4n) is 5.73. The molecule has 12 heteroatoms. The molecule has 1 amide bonds. The molecule has 2 aliphatic heterocycles. The lowest BCUT2D eigenvalue weighted by atomic mass is 9.69. The Morgan fingerprint density at radius 1 is 1.17 bits per heavy atom. The maximum absolute atomic E-state index is 12.9. The van der Waals surface area contributed by atoms with Crippen molar-refractivity contribution < 1.29 is 46.5 Å². The number of halogens is 3. The minimum absolute atomic E-state index is 0.222. The van der Waals surface area contributed by atoms with Gasteiger partial charge in [-0.25, -0.2) is 14.4 Å². The van der Waals surface area contributed by atoms with Gasteiger partial charge in [-0.05, 0) is 43.3 Å². The average Bonchev–Trinajstić information content (AvgIpc) is 3.19. The fraction of sp³-hybridized carbons (Fsp3) is 0.414. The predicted molar refractivity (Wildman–Crippen MR) is 138 cm³/mol. The highest BCUT2D eigenvalue weighted by Gasteiger charge is 2.53. The predicted octanol–water partition coefficient (Wildman–Crippen LogP) is 3.83. The van der Waals surface area contributed by atoms with E-state index in [1.54, 1.807) is 43.5 Å². The maximum atomic E-state index is 12.9. The number of carbonyl (C=O) groups excluding carboxylic acids is 3. The second kappa shape index (κ2) is 11.1. The number of nitrogens with zero attached hydrogens (tertiary/aromatic N) is 1. The number of alkyl halides is 3. The molecule has 0 fully saturated rings. The quantitative estimate of drug-likeness (QED) is 0.316. The van der Waals surface area contributed by atoms with Crippen molar-refractivity contribution in [2.75, 3.05) is 20.7 Å². The first-order valence-electron chi connectivity index (χ1n) is 13.1. The van der Waals surface area contributed by atoms with Gasteiger partial charge < -0.3 is 29.2 Å². The number of benzene rings is 2. The molecular formula is C29H29F3N2O7. The number of methoxy groups -OCH3 is 1. The average molecular weight is 575 g/mol. The molecule has 0 saturated carbocycles. The molecule has 2 heterocycles. The van der Waals surface area contributed by atoms with Crippen molar-refractivity contribution in [1.82, 2.24) is 10.2 Å². The largest absolute Gasteiger partial charge is 0.493 e. The topological polar surface area (TPSA) is 103 Å². The van der Waals surface area contributed by atoms with Crippen LogP contribution in [0.1, 0.15) is 29.5 Å². The van der Waals surface area contributed by atoms with Gasteiger partial charge in [0.05, 0.1) is 12.5 Å². The lowest BCUT2D eigenvalue weighted by Gasteiger charge is -2.36. The minimum Gasteiger partial charge on any atom is -0.493 e. The molecule has 1 aliphatic carbocycles. The Bertz CT molecular complexity index is 1360. The first kappa shape index (κ1) is 28.5. The smallest absolute Gasteiger partial charge is 0.491 e. The Morgan fingerprint density at radius 2 is 1.93 bits per heavy atom. The third kappa shape index (κ3) is 5.74. The number of alkyl carbamates (subject to hydrolysis) is 1. The molecule has 0 unspecified atom stereocenters. The van der Waals surface area contributed by atoms with Crippen molar-refractivity contribution >= 4 is 18.0 Å². The number of rotatable bonds is 6. The van der Waals surface area contributed by atoms with Gasteiger partial charge in [-0.15, -0.1) is 0 Å². The highest BCUT2D eigenvalue weighted by atomic mass is 19.4. The van der Waals surface area contributed by atoms with E-state index in [2.05, 4.69) is 15.0 Å². The molecule has 2 aromatic rings. The van der Waals surface area contributed by atoms with Gasteiger partial charge in [0.2, 0.25) is 0 Å². The van der Waals surface area contributed by atoms with Gasteiger partial charge in [0, 0.05) is 24.9 Å². The van der Waals surface area contributed by atoms with Crippen LogP contribution in [0, 0.1) is 0 Å². The summed E-state index contributed by atoms with van der Waals surface area (Å²) >= 11 is 0. The minimum atomic E-state index is -5.37. The van der Waals surface area contributed by atoms with Gasteiger partial charge in [-0.3, -0.25) is 0 Å². The number of carbonyl (C=O) groups is 3. The van der Waals surface area contributed by atoms with E-state index in [0.717, 1.165) is 30.6 Å². The number of amides is 1. The van der Waals surface area contributed by atoms with Gasteiger partial charge >= 0.3 is 24.2 Å². The second-order valence-electron chi connectivity index (χ2n) is 10.4. The van der Waals surface area contributed by atoms with Crippen LogP contribution in [0.3, 0.4) is 0 Å². The van der Waals surface area contributed by atoms with Crippen LogP contribution in [0.15, 0.2) is 54.6 Å². The molecule has 4 atom stereocenters. The third-order valence-electron chi connectivity index (χ3n) is 7.67. The van der Waals surface area contributed by atoms with E-state index >= 15 is 0 Å². The maximum Gasteiger partial charge on any atom is 0.491 e. The van der Waals surface area contributed by atoms with Gasteiger partial charge in [-0.1, -0.05) is 42.5 Å². The van der Waals surface area contributed by atoms with Crippen molar-refractivity contribution in [2.45, 2.75) is 55.6 Å². The summed E-state index contributed by atoms with van der Waals surface area (Å²) in [5, 5.41) is 2.27. The van der Waals surface area contributed by atoms with E-state index in [1.165, 1.54) is 0 Å². The number of ether oxygens (including phenoxy) is 4. The highest BCUT2D eigenvalue weighted by molar-refractivity contribution is 5.92. The fourth-order valence-corrected chi connectivity index (χ4v) is 5.73. The Hall–Kier alpha value is -4.06. The van der Waals surface area contributed by atoms with Crippen LogP contribution >= 0.6 is 0 Å². The van der Waals surface area contributed by atoms with Crippen molar-refractivity contribution in [3.8, 4) is 11.5 Å². The standard InChI is InChI=1S/C29H29F3N2O7/c1-34-13-12-28-11-10-19(15-22(28)40-24-21(38-2)9-8-18(16-34)23(24)28)39-27(37)33-20(14-17-6-4-3-5-7-17)25(35)41-26(36)29(30,31)32/h3-11,19-20,22H,12-16H2,1-2H3,(H,33,37)/t19-,20-,22-,28-/m0/s1. The van der Waals surface area contributed by atoms with Crippen LogP contribution in [0.2, 0.25) is 0 Å². The summed E-state index contributed by atoms with van der Waals surface area (Å²) in [4.78, 5) is 38.8. The number of esters is 2. The molecule has 1 N–H and O–H groups in total. The molecule has 218 valence electrons. The van der Waals surface area contributed by atoms with Crippen LogP contribution in [-0.4, -0.2) is 68.1 Å². The summed E-state index contributed by atoms with van der Waals surface area (Å²) in [5.41, 5.74) is 2.26. The van der Waals surface area contributed by atoms with Crippen LogP contribution in [0.5, 0.6) is 11.5 Å². The van der Waals surface area contributed by atoms with E-state index in [9.17, 15) is 27.6 Å². The van der Waals surface area contributed by atoms with Crippen LogP contribution in [0.4, 0.5) is 18.0 Å². The molecule has 0 radical (unpaired) electrons. The molecule has 3 aliphatic rings. The van der Waals surface area contributed by atoms with E-state index in [-0.39, 0.29) is 12.5 Å². The molecule has 41 heavy (non-hydrogen) atoms. The monoisotopic (exact) mass is 574 g/mol. The molecule has 0 bridgehead atoms. The van der Waals surface area contributed by atoms with Crippen LogP contribution in [0.25, 0.3) is 0 Å². The molecule has 2 aromatic carbocycles. The van der Waals surface area contributed by atoms with Crippen molar-refractivity contribution in [2.24, 2.45) is 0 Å². The van der Waals surface area contributed by atoms with E-state index in [4.69, 9.17) is 14.2 Å². The highest BCUT2D eigenvalue weighted by Crippen LogP contribution is 2.55. The van der Waals surface area contributed by atoms with Crippen molar-refractivity contribution in [3.05, 3.63) is 71.3 Å². The Balaban J connectivity index is 1.32. The van der Waals surface area contributed by atoms with E-state index in [1.807, 2.05) is 25.3 Å². The molecular weight excluding hydrogens is 545 g/mol. The molecule has 9 nitrogen and oxygen atoms in total. The van der Waals surface area contributed by atoms with E-state index < -0.39 is 41.8 Å². The zero-order valence-electron chi connectivity index (χ0n) is 22.4. The zero-order chi connectivity index (χ0) is 29.4. The lowest BCUT2D eigenvalue weighted by Crippen LogP contribution is -2.48. The van der Waals surface area contributed by atoms with E-state index in [0.29, 0.717) is 23.5 Å². The number of hydrogen-bond donors (Lipinski definition) is 1. The molecule has 1 spiro atoms. The summed E-state index contributed by atoms with van der Waals surface area (Å²) in [6.07, 6.45) is -2.93. The summed E-state index contributed by atoms with van der Waals surface area (Å²) in [6.45, 7) is 1.56. The zero-order valence-corrected chi connectivity index (χ0v) is 22.4. The SMILES string of the molecule is COc1ccc2c3c1O[C@H]1C[C@@H](OC(=O)N[C@@H](Cc4ccccc4)C(=O)OC(=O)C(F)(F)F)C=C[C@@]31CCN(C)C2. The van der Waals surface area contributed by atoms with Gasteiger partial charge in [0.15, 0.2) is 11.5 Å². The molecule has 0 aromatic heterocycles. The first-order valence-corrected chi connectivity index (χ1v) is 13.1. The van der Waals surface area contributed by atoms with Crippen LogP contribution < -0.4 is 14.8 Å². The summed E-state index contributed by atoms with van der Waals surface area (Å²) in [5.74, 6) is -2.94. The van der Waals surface area contributed by atoms with Crippen molar-refractivity contribution in [1.29, 1.82) is 0 Å². The van der Waals surface area contributed by atoms with Gasteiger partial charge in [0.1, 0.15) is 18.2 Å². The normalized spacial score (nSPS) is 23.7. The first-order chi connectivity index (χ1) is 19.5. The Kier molecular flexibility index (Phi) is 7.69. The van der Waals surface area contributed by atoms with Crippen LogP contribution in [-0.2, 0) is 37.4 Å². The van der Waals surface area contributed by atoms with Gasteiger partial charge in [0.25, 0.3) is 0 Å². The number of hydrogen-bond acceptors (Lipinski definition) is 8. The Labute approximate surface area is 234 Å². The lowest BCUT2D eigenvalue weighted by molar-refractivity contribution is -0.202. The summed E-state index contributed by atoms with van der Waals surface area (Å²) in [7, 11) is 3.62. The Morgan fingerprint density at radius 3 is 2.63 bits per heavy atom. The second-order valence-corrected chi connectivity index (χ2v) is 10.4. The molecule has 5 rings (SSSR count). The summed E-state index contributed by atoms with van der Waals surface area (Å²) < 4.78 is 59.6. The van der Waals surface area contributed by atoms with Gasteiger partial charge in [-0.2, -0.15) is 13.2 Å². The summed E-state index contributed by atoms with van der Waals surface area (Å²) in [6, 6.07) is 10.6. The third-order valence-corrected chi connectivity index (χ3v) is 7.67. The van der Waals surface area contributed by atoms with Crippen molar-refractivity contribution in [3.63, 3.8) is 0 Å². The molecule has 0 saturated heterocycles. The number of nitrogens with one attached hydrogen (secondary N) is 1.